The molecule has 0 aliphatic rings. The summed E-state index contributed by atoms with van der Waals surface area (Å²) in [5, 5.41) is 3.37. The van der Waals surface area contributed by atoms with Gasteiger partial charge in [-0.25, -0.2) is 0 Å². The third-order valence-corrected chi connectivity index (χ3v) is 6.48. The number of benzene rings is 1. The topological polar surface area (TPSA) is 0 Å². The van der Waals surface area contributed by atoms with Gasteiger partial charge in [0.1, 0.15) is 0 Å². The Labute approximate surface area is 146 Å². The maximum absolute atomic E-state index is 3.70. The molecule has 0 amide bonds. The highest BCUT2D eigenvalue weighted by atomic mass is 79.9. The molecule has 90 valence electrons. The number of hydrogen-bond acceptors (Lipinski definition) is 0. The average molecular weight is 608 g/mol. The lowest BCUT2D eigenvalue weighted by Gasteiger charge is -2.18. The minimum atomic E-state index is 0.843. The van der Waals surface area contributed by atoms with Gasteiger partial charge < -0.3 is 0 Å². The second-order valence-electron chi connectivity index (χ2n) is 3.08. The minimum absolute atomic E-state index is 0.843. The Bertz CT molecular complexity index is 317. The molecule has 0 spiro atoms. The van der Waals surface area contributed by atoms with Gasteiger partial charge in [0.05, 0.1) is 0 Å². The standard InChI is InChI=1S/C10H8Br6/c11-1-5-6(2-12)10(16)8(4-14)7(3-13)9(5)15/h1-4H2. The van der Waals surface area contributed by atoms with Gasteiger partial charge in [-0.1, -0.05) is 95.6 Å². The van der Waals surface area contributed by atoms with Crippen LogP contribution in [0.3, 0.4) is 0 Å². The lowest BCUT2D eigenvalue weighted by molar-refractivity contribution is 1.16. The van der Waals surface area contributed by atoms with Crippen molar-refractivity contribution in [3.63, 3.8) is 0 Å². The maximum Gasteiger partial charge on any atom is 0.0297 e. The highest BCUT2D eigenvalue weighted by molar-refractivity contribution is 9.11. The van der Waals surface area contributed by atoms with Crippen molar-refractivity contribution in [3.05, 3.63) is 31.2 Å². The van der Waals surface area contributed by atoms with Crippen molar-refractivity contribution >= 4 is 95.6 Å². The molecule has 6 heteroatoms. The van der Waals surface area contributed by atoms with E-state index >= 15 is 0 Å². The number of alkyl halides is 4. The maximum atomic E-state index is 3.70. The molecule has 0 nitrogen and oxygen atoms in total. The fraction of sp³-hybridized carbons (Fsp3) is 0.400. The summed E-state index contributed by atoms with van der Waals surface area (Å²) in [6, 6.07) is 0. The predicted molar refractivity (Wildman–Crippen MR) is 92.4 cm³/mol. The Morgan fingerprint density at radius 1 is 0.500 bits per heavy atom. The highest BCUT2D eigenvalue weighted by Crippen LogP contribution is 2.39. The molecule has 0 heterocycles. The van der Waals surface area contributed by atoms with Gasteiger partial charge in [0.25, 0.3) is 0 Å². The van der Waals surface area contributed by atoms with Crippen LogP contribution in [0.15, 0.2) is 8.95 Å². The van der Waals surface area contributed by atoms with Crippen molar-refractivity contribution in [2.75, 3.05) is 0 Å². The SMILES string of the molecule is BrCc1c(Br)c(CBr)c(CBr)c(Br)c1CBr. The minimum Gasteiger partial charge on any atom is -0.0876 e. The summed E-state index contributed by atoms with van der Waals surface area (Å²) >= 11 is 21.6. The van der Waals surface area contributed by atoms with Crippen LogP contribution in [-0.4, -0.2) is 0 Å². The van der Waals surface area contributed by atoms with Crippen LogP contribution in [0.1, 0.15) is 22.3 Å². The molecule has 0 unspecified atom stereocenters. The third kappa shape index (κ3) is 3.16. The Morgan fingerprint density at radius 2 is 0.688 bits per heavy atom. The lowest BCUT2D eigenvalue weighted by atomic mass is 10.0. The number of halogens is 6. The summed E-state index contributed by atoms with van der Waals surface area (Å²) in [6.07, 6.45) is 0. The molecule has 0 radical (unpaired) electrons. The van der Waals surface area contributed by atoms with Gasteiger partial charge in [0.2, 0.25) is 0 Å². The zero-order valence-electron chi connectivity index (χ0n) is 8.10. The van der Waals surface area contributed by atoms with Gasteiger partial charge in [0.15, 0.2) is 0 Å². The van der Waals surface area contributed by atoms with Crippen LogP contribution in [0.25, 0.3) is 0 Å². The Hall–Kier alpha value is 2.10. The largest absolute Gasteiger partial charge is 0.0876 e. The van der Waals surface area contributed by atoms with E-state index in [4.69, 9.17) is 0 Å². The predicted octanol–water partition coefficient (Wildman–Crippen LogP) is 6.79. The van der Waals surface area contributed by atoms with Gasteiger partial charge in [-0.15, -0.1) is 0 Å². The van der Waals surface area contributed by atoms with E-state index in [9.17, 15) is 0 Å². The van der Waals surface area contributed by atoms with Crippen LogP contribution in [0, 0.1) is 0 Å². The highest BCUT2D eigenvalue weighted by Gasteiger charge is 2.18. The molecule has 0 saturated carbocycles. The van der Waals surface area contributed by atoms with Gasteiger partial charge in [-0.3, -0.25) is 0 Å². The van der Waals surface area contributed by atoms with E-state index in [2.05, 4.69) is 95.6 Å². The van der Waals surface area contributed by atoms with Crippen molar-refractivity contribution in [1.82, 2.24) is 0 Å². The van der Waals surface area contributed by atoms with Crippen LogP contribution in [-0.2, 0) is 21.3 Å². The second-order valence-corrected chi connectivity index (χ2v) is 6.91. The molecule has 16 heavy (non-hydrogen) atoms. The van der Waals surface area contributed by atoms with E-state index < -0.39 is 0 Å². The molecule has 0 atom stereocenters. The van der Waals surface area contributed by atoms with Gasteiger partial charge in [0, 0.05) is 30.3 Å². The average Bonchev–Trinajstić information content (AvgIpc) is 2.30. The third-order valence-electron chi connectivity index (χ3n) is 2.32. The van der Waals surface area contributed by atoms with E-state index in [1.165, 1.54) is 31.2 Å². The molecule has 0 saturated heterocycles. The summed E-state index contributed by atoms with van der Waals surface area (Å²) < 4.78 is 2.38. The molecular formula is C10H8Br6. The van der Waals surface area contributed by atoms with Crippen molar-refractivity contribution in [3.8, 4) is 0 Å². The van der Waals surface area contributed by atoms with Crippen molar-refractivity contribution in [2.45, 2.75) is 21.3 Å². The van der Waals surface area contributed by atoms with E-state index in [0.717, 1.165) is 21.3 Å². The molecule has 1 rings (SSSR count). The first kappa shape index (κ1) is 16.2. The first-order valence-corrected chi connectivity index (χ1v) is 10.4. The Balaban J connectivity index is 3.60. The van der Waals surface area contributed by atoms with Crippen LogP contribution in [0.5, 0.6) is 0 Å². The molecule has 0 aliphatic heterocycles. The van der Waals surface area contributed by atoms with E-state index in [1.54, 1.807) is 0 Å². The van der Waals surface area contributed by atoms with Crippen molar-refractivity contribution < 1.29 is 0 Å². The van der Waals surface area contributed by atoms with Crippen LogP contribution < -0.4 is 0 Å². The second kappa shape index (κ2) is 7.63. The van der Waals surface area contributed by atoms with Gasteiger partial charge >= 0.3 is 0 Å². The van der Waals surface area contributed by atoms with Gasteiger partial charge in [-0.05, 0) is 22.3 Å². The smallest absolute Gasteiger partial charge is 0.0297 e. The summed E-state index contributed by atoms with van der Waals surface area (Å²) in [7, 11) is 0. The molecule has 0 fully saturated rings. The van der Waals surface area contributed by atoms with Crippen LogP contribution >= 0.6 is 95.6 Å². The van der Waals surface area contributed by atoms with Crippen molar-refractivity contribution in [2.24, 2.45) is 0 Å². The zero-order chi connectivity index (χ0) is 12.3. The molecule has 1 aromatic rings. The molecular weight excluding hydrogens is 600 g/mol. The quantitative estimate of drug-likeness (QED) is 0.331. The molecule has 1 aromatic carbocycles. The van der Waals surface area contributed by atoms with E-state index in [0.29, 0.717) is 0 Å². The summed E-state index contributed by atoms with van der Waals surface area (Å²) in [5.74, 6) is 0. The first-order chi connectivity index (χ1) is 7.62. The first-order valence-electron chi connectivity index (χ1n) is 4.36. The molecule has 0 aromatic heterocycles. The zero-order valence-corrected chi connectivity index (χ0v) is 17.6. The van der Waals surface area contributed by atoms with Crippen LogP contribution in [0.4, 0.5) is 0 Å². The number of hydrogen-bond donors (Lipinski definition) is 0. The fourth-order valence-electron chi connectivity index (χ4n) is 1.45. The molecule has 0 N–H and O–H groups in total. The van der Waals surface area contributed by atoms with Gasteiger partial charge in [-0.2, -0.15) is 0 Å². The van der Waals surface area contributed by atoms with E-state index in [-0.39, 0.29) is 0 Å². The van der Waals surface area contributed by atoms with E-state index in [1.807, 2.05) is 0 Å². The number of rotatable bonds is 4. The lowest BCUT2D eigenvalue weighted by Crippen LogP contribution is -2.01. The monoisotopic (exact) mass is 602 g/mol. The van der Waals surface area contributed by atoms with Crippen molar-refractivity contribution in [1.29, 1.82) is 0 Å². The Morgan fingerprint density at radius 3 is 0.812 bits per heavy atom. The summed E-state index contributed by atoms with van der Waals surface area (Å²) in [4.78, 5) is 0. The van der Waals surface area contributed by atoms with Crippen LogP contribution in [0.2, 0.25) is 0 Å². The molecule has 0 aliphatic carbocycles. The summed E-state index contributed by atoms with van der Waals surface area (Å²) in [6.45, 7) is 0. The molecule has 0 bridgehead atoms. The fourth-order valence-corrected chi connectivity index (χ4v) is 6.95. The Kier molecular flexibility index (Phi) is 7.71. The summed E-state index contributed by atoms with van der Waals surface area (Å²) in [5.41, 5.74) is 5.18. The normalized spacial score (nSPS) is 10.9.